The number of imidazole rings is 4. The van der Waals surface area contributed by atoms with Gasteiger partial charge in [0, 0.05) is 66.4 Å². The van der Waals surface area contributed by atoms with Crippen molar-refractivity contribution in [2.45, 2.75) is 0 Å². The largest absolute Gasteiger partial charge is 0.307 e. The highest BCUT2D eigenvalue weighted by Gasteiger charge is 2.29. The fourth-order valence-electron chi connectivity index (χ4n) is 15.2. The van der Waals surface area contributed by atoms with Crippen molar-refractivity contribution in [3.05, 3.63) is 315 Å². The zero-order chi connectivity index (χ0) is 65.5. The van der Waals surface area contributed by atoms with Gasteiger partial charge in [-0.05, 0) is 108 Å². The van der Waals surface area contributed by atoms with Crippen LogP contribution in [0.1, 0.15) is 0 Å². The van der Waals surface area contributed by atoms with Crippen molar-refractivity contribution in [3.8, 4) is 91.1 Å². The maximum absolute atomic E-state index is 5.78. The lowest BCUT2D eigenvalue weighted by Gasteiger charge is -2.13. The average molecular weight is 1280 g/mol. The van der Waals surface area contributed by atoms with E-state index in [9.17, 15) is 0 Å². The molecule has 100 heavy (non-hydrogen) atoms. The van der Waals surface area contributed by atoms with Gasteiger partial charge in [-0.2, -0.15) is 9.97 Å². The molecule has 0 aliphatic rings. The highest BCUT2D eigenvalue weighted by Crippen LogP contribution is 2.46. The number of benzene rings is 13. The fourth-order valence-corrected chi connectivity index (χ4v) is 15.2. The third-order valence-electron chi connectivity index (χ3n) is 19.5. The molecule has 0 saturated heterocycles. The molecule has 8 aromatic heterocycles. The van der Waals surface area contributed by atoms with Crippen LogP contribution in [0.2, 0.25) is 0 Å². The molecule has 0 atom stereocenters. The minimum Gasteiger partial charge on any atom is -0.307 e. The first-order valence-electron chi connectivity index (χ1n) is 33.3. The van der Waals surface area contributed by atoms with E-state index in [2.05, 4.69) is 258 Å². The smallest absolute Gasteiger partial charge is 0.238 e. The number of fused-ring (bicyclic) bond motifs is 18. The van der Waals surface area contributed by atoms with E-state index in [4.69, 9.17) is 39.9 Å². The van der Waals surface area contributed by atoms with Crippen LogP contribution >= 0.6 is 0 Å². The van der Waals surface area contributed by atoms with Crippen LogP contribution in [0.15, 0.2) is 315 Å². The quantitative estimate of drug-likeness (QED) is 0.132. The molecule has 13 aromatic carbocycles. The topological polar surface area (TPSA) is 132 Å². The lowest BCUT2D eigenvalue weighted by atomic mass is 9.96. The molecule has 14 nitrogen and oxygen atoms in total. The maximum atomic E-state index is 5.78. The fraction of sp³-hybridized carbons (Fsp3) is 0. The summed E-state index contributed by atoms with van der Waals surface area (Å²) in [4.78, 5) is 43.4. The van der Waals surface area contributed by atoms with Crippen LogP contribution in [-0.4, -0.2) is 66.9 Å². The second kappa shape index (κ2) is 21.8. The molecule has 0 aliphatic heterocycles. The number of aromatic nitrogens is 14. The summed E-state index contributed by atoms with van der Waals surface area (Å²) in [7, 11) is 0. The van der Waals surface area contributed by atoms with E-state index in [1.54, 1.807) is 0 Å². The number of hydrogen-bond donors (Lipinski definition) is 0. The SMILES string of the molecule is c1ccc(-c2nc(-c3cccc(-c4cc5c(nc6n(-c7ccccc7)c7ccccc7n56)c5c4c4ccccc4n5-c4nc(-c5ccccc5)nc(-c5ccccc5)n4)c3)nc(-c3cccc(-n4c5ccccc5c5ccc6c(c54)n(-c4ccccc4)c4nc5ccccc5n64)c3)n2)cc1. The van der Waals surface area contributed by atoms with Gasteiger partial charge in [0.1, 0.15) is 5.52 Å². The molecule has 14 heteroatoms. The Kier molecular flexibility index (Phi) is 12.0. The van der Waals surface area contributed by atoms with Crippen LogP contribution in [0.4, 0.5) is 0 Å². The molecule has 0 radical (unpaired) electrons. The Hall–Kier alpha value is -14.0. The first-order valence-corrected chi connectivity index (χ1v) is 33.3. The van der Waals surface area contributed by atoms with Crippen molar-refractivity contribution >= 4 is 99.3 Å². The van der Waals surface area contributed by atoms with Gasteiger partial charge in [-0.25, -0.2) is 29.9 Å². The average Bonchev–Trinajstić information content (AvgIpc) is 1.54. The molecule has 21 aromatic rings. The molecule has 0 unspecified atom stereocenters. The summed E-state index contributed by atoms with van der Waals surface area (Å²) in [6.07, 6.45) is 0. The van der Waals surface area contributed by atoms with Gasteiger partial charge >= 0.3 is 0 Å². The van der Waals surface area contributed by atoms with Crippen LogP contribution in [0, 0.1) is 0 Å². The van der Waals surface area contributed by atoms with Crippen molar-refractivity contribution < 1.29 is 0 Å². The van der Waals surface area contributed by atoms with E-state index in [1.165, 1.54) is 0 Å². The molecule has 0 saturated carbocycles. The number of rotatable bonds is 10. The Bertz CT molecular complexity index is 6830. The Balaban J connectivity index is 0.796. The molecule has 0 fully saturated rings. The Labute approximate surface area is 569 Å². The Morgan fingerprint density at radius 2 is 0.680 bits per heavy atom. The van der Waals surface area contributed by atoms with Gasteiger partial charge in [0.05, 0.1) is 60.7 Å². The molecule has 8 heterocycles. The summed E-state index contributed by atoms with van der Waals surface area (Å²) < 4.78 is 13.8. The third-order valence-corrected chi connectivity index (χ3v) is 19.5. The van der Waals surface area contributed by atoms with E-state index >= 15 is 0 Å². The minimum absolute atomic E-state index is 0.465. The molecular weight excluding hydrogens is 1230 g/mol. The number of nitrogens with zero attached hydrogens (tertiary/aromatic N) is 14. The van der Waals surface area contributed by atoms with Crippen molar-refractivity contribution in [1.82, 2.24) is 66.9 Å². The summed E-state index contributed by atoms with van der Waals surface area (Å²) >= 11 is 0. The summed E-state index contributed by atoms with van der Waals surface area (Å²) in [6, 6.07) is 110. The van der Waals surface area contributed by atoms with Gasteiger partial charge in [-0.1, -0.05) is 218 Å². The van der Waals surface area contributed by atoms with Crippen molar-refractivity contribution in [2.75, 3.05) is 0 Å². The third kappa shape index (κ3) is 8.37. The molecular formula is C86H52N14. The normalized spacial score (nSPS) is 12.0. The zero-order valence-electron chi connectivity index (χ0n) is 53.3. The summed E-state index contributed by atoms with van der Waals surface area (Å²) in [5.74, 6) is 4.79. The predicted molar refractivity (Wildman–Crippen MR) is 401 cm³/mol. The molecule has 0 bridgehead atoms. The molecule has 0 amide bonds. The van der Waals surface area contributed by atoms with Gasteiger partial charge in [0.25, 0.3) is 0 Å². The molecule has 466 valence electrons. The zero-order valence-corrected chi connectivity index (χ0v) is 53.3. The van der Waals surface area contributed by atoms with Crippen molar-refractivity contribution in [1.29, 1.82) is 0 Å². The van der Waals surface area contributed by atoms with E-state index in [-0.39, 0.29) is 0 Å². The molecule has 0 aliphatic carbocycles. The van der Waals surface area contributed by atoms with Crippen molar-refractivity contribution in [2.24, 2.45) is 0 Å². The Morgan fingerprint density at radius 3 is 1.33 bits per heavy atom. The summed E-state index contributed by atoms with van der Waals surface area (Å²) in [5.41, 5.74) is 20.9. The van der Waals surface area contributed by atoms with E-state index < -0.39 is 0 Å². The predicted octanol–water partition coefficient (Wildman–Crippen LogP) is 19.7. The van der Waals surface area contributed by atoms with Crippen LogP contribution in [0.5, 0.6) is 0 Å². The molecule has 0 N–H and O–H groups in total. The number of hydrogen-bond acceptors (Lipinski definition) is 8. The second-order valence-corrected chi connectivity index (χ2v) is 25.2. The first kappa shape index (κ1) is 55.3. The maximum Gasteiger partial charge on any atom is 0.238 e. The van der Waals surface area contributed by atoms with Gasteiger partial charge in [-0.15, -0.1) is 0 Å². The van der Waals surface area contributed by atoms with Crippen LogP contribution in [0.3, 0.4) is 0 Å². The van der Waals surface area contributed by atoms with Crippen LogP contribution < -0.4 is 0 Å². The molecule has 0 spiro atoms. The lowest BCUT2D eigenvalue weighted by Crippen LogP contribution is -2.06. The summed E-state index contributed by atoms with van der Waals surface area (Å²) in [5, 5.41) is 4.25. The van der Waals surface area contributed by atoms with Gasteiger partial charge < -0.3 is 4.57 Å². The number of para-hydroxylation sites is 8. The standard InChI is InChI=1S/C86H52N14/c1-6-26-53(27-7-1)79-89-82(92-83(90-79)58-34-25-39-61(51-58)95-67-43-19-16-40-62(67)63-48-49-72-77(76(63)95)97(60-37-14-5-15-38-60)85-87-66-42-18-21-45-69(66)98(72)85)57-33-24-32-56(50-57)65-52-73-75(88-86-96(59-35-12-4-13-36-59)70-46-22-23-47-71(70)99(73)86)78-74(65)64-41-17-20-44-68(64)100(78)84-93-80(54-28-8-2-9-29-54)91-81(94-84)55-30-10-3-11-31-55/h1-52H. The highest BCUT2D eigenvalue weighted by molar-refractivity contribution is 6.24. The first-order chi connectivity index (χ1) is 49.6. The van der Waals surface area contributed by atoms with Gasteiger partial charge in [0.15, 0.2) is 29.1 Å². The lowest BCUT2D eigenvalue weighted by molar-refractivity contribution is 0.954. The van der Waals surface area contributed by atoms with Crippen LogP contribution in [-0.2, 0) is 0 Å². The van der Waals surface area contributed by atoms with E-state index in [0.29, 0.717) is 35.1 Å². The minimum atomic E-state index is 0.465. The Morgan fingerprint density at radius 1 is 0.220 bits per heavy atom. The highest BCUT2D eigenvalue weighted by atomic mass is 15.2. The van der Waals surface area contributed by atoms with Crippen molar-refractivity contribution in [3.63, 3.8) is 0 Å². The van der Waals surface area contributed by atoms with Gasteiger partial charge in [0.2, 0.25) is 17.5 Å². The monoisotopic (exact) mass is 1280 g/mol. The second-order valence-electron chi connectivity index (χ2n) is 25.2. The van der Waals surface area contributed by atoms with Gasteiger partial charge in [-0.3, -0.25) is 22.5 Å². The van der Waals surface area contributed by atoms with E-state index in [1.807, 2.05) is 84.9 Å². The van der Waals surface area contributed by atoms with Crippen LogP contribution in [0.25, 0.3) is 190 Å². The molecule has 21 rings (SSSR count). The summed E-state index contributed by atoms with van der Waals surface area (Å²) in [6.45, 7) is 0. The van der Waals surface area contributed by atoms with E-state index in [0.717, 1.165) is 155 Å².